The number of anilines is 1. The Hall–Kier alpha value is -2.53. The Morgan fingerprint density at radius 1 is 1.17 bits per heavy atom. The van der Waals surface area contributed by atoms with E-state index in [9.17, 15) is 9.59 Å². The smallest absolute Gasteiger partial charge is 0.226 e. The predicted molar refractivity (Wildman–Crippen MR) is 94.3 cm³/mol. The van der Waals surface area contributed by atoms with Gasteiger partial charge in [-0.05, 0) is 23.8 Å². The second kappa shape index (κ2) is 8.36. The van der Waals surface area contributed by atoms with Crippen LogP contribution in [0.2, 0.25) is 5.02 Å². The zero-order chi connectivity index (χ0) is 17.5. The molecule has 0 aliphatic carbocycles. The highest BCUT2D eigenvalue weighted by Gasteiger charge is 2.18. The van der Waals surface area contributed by atoms with E-state index in [2.05, 4.69) is 10.6 Å². The van der Waals surface area contributed by atoms with Gasteiger partial charge in [0.1, 0.15) is 5.75 Å². The van der Waals surface area contributed by atoms with Gasteiger partial charge in [0.15, 0.2) is 0 Å². The molecule has 0 fully saturated rings. The van der Waals surface area contributed by atoms with Crippen LogP contribution < -0.4 is 15.4 Å². The maximum atomic E-state index is 12.4. The summed E-state index contributed by atoms with van der Waals surface area (Å²) < 4.78 is 5.21. The van der Waals surface area contributed by atoms with E-state index >= 15 is 0 Å². The number of carbonyl (C=O) groups is 2. The average Bonchev–Trinajstić information content (AvgIpc) is 2.55. The van der Waals surface area contributed by atoms with Crippen molar-refractivity contribution >= 4 is 29.1 Å². The first-order chi connectivity index (χ1) is 11.5. The number of hydrogen-bond acceptors (Lipinski definition) is 3. The van der Waals surface area contributed by atoms with Crippen molar-refractivity contribution in [3.05, 3.63) is 59.1 Å². The molecule has 2 amide bonds. The largest absolute Gasteiger partial charge is 0.495 e. The van der Waals surface area contributed by atoms with E-state index < -0.39 is 6.04 Å². The second-order valence-corrected chi connectivity index (χ2v) is 5.70. The topological polar surface area (TPSA) is 67.4 Å². The van der Waals surface area contributed by atoms with Crippen LogP contribution in [0.1, 0.15) is 24.9 Å². The van der Waals surface area contributed by atoms with Crippen LogP contribution in [0.4, 0.5) is 5.69 Å². The molecule has 0 saturated carbocycles. The molecule has 0 saturated heterocycles. The lowest BCUT2D eigenvalue weighted by atomic mass is 10.0. The summed E-state index contributed by atoms with van der Waals surface area (Å²) in [7, 11) is 1.52. The summed E-state index contributed by atoms with van der Waals surface area (Å²) in [6.07, 6.45) is 0.0965. The Balaban J connectivity index is 2.13. The Morgan fingerprint density at radius 2 is 1.88 bits per heavy atom. The summed E-state index contributed by atoms with van der Waals surface area (Å²) in [5.41, 5.74) is 1.35. The van der Waals surface area contributed by atoms with Crippen LogP contribution in [-0.2, 0) is 9.59 Å². The van der Waals surface area contributed by atoms with Gasteiger partial charge in [0.2, 0.25) is 11.8 Å². The summed E-state index contributed by atoms with van der Waals surface area (Å²) in [4.78, 5) is 23.8. The van der Waals surface area contributed by atoms with Gasteiger partial charge in [0.05, 0.1) is 25.3 Å². The Kier molecular flexibility index (Phi) is 6.21. The molecule has 0 aliphatic rings. The highest BCUT2D eigenvalue weighted by molar-refractivity contribution is 6.31. The maximum Gasteiger partial charge on any atom is 0.226 e. The van der Waals surface area contributed by atoms with Crippen molar-refractivity contribution in [2.75, 3.05) is 12.4 Å². The highest BCUT2D eigenvalue weighted by atomic mass is 35.5. The molecule has 126 valence electrons. The monoisotopic (exact) mass is 346 g/mol. The van der Waals surface area contributed by atoms with Crippen molar-refractivity contribution < 1.29 is 14.3 Å². The number of rotatable bonds is 6. The second-order valence-electron chi connectivity index (χ2n) is 5.26. The summed E-state index contributed by atoms with van der Waals surface area (Å²) in [6, 6.07) is 13.9. The van der Waals surface area contributed by atoms with E-state index in [-0.39, 0.29) is 18.2 Å². The molecule has 0 unspecified atom stereocenters. The van der Waals surface area contributed by atoms with E-state index in [0.29, 0.717) is 16.5 Å². The number of ether oxygens (including phenoxy) is 1. The van der Waals surface area contributed by atoms with E-state index in [1.807, 2.05) is 30.3 Å². The number of carbonyl (C=O) groups excluding carboxylic acids is 2. The van der Waals surface area contributed by atoms with Crippen molar-refractivity contribution in [3.63, 3.8) is 0 Å². The van der Waals surface area contributed by atoms with Gasteiger partial charge < -0.3 is 15.4 Å². The van der Waals surface area contributed by atoms with Crippen molar-refractivity contribution in [2.45, 2.75) is 19.4 Å². The normalized spacial score (nSPS) is 11.5. The van der Waals surface area contributed by atoms with Gasteiger partial charge in [-0.3, -0.25) is 9.59 Å². The number of methoxy groups -OCH3 is 1. The van der Waals surface area contributed by atoms with E-state index in [0.717, 1.165) is 5.56 Å². The number of benzene rings is 2. The molecule has 2 aromatic carbocycles. The van der Waals surface area contributed by atoms with Crippen LogP contribution in [0.15, 0.2) is 48.5 Å². The van der Waals surface area contributed by atoms with Crippen LogP contribution in [-0.4, -0.2) is 18.9 Å². The molecule has 0 radical (unpaired) electrons. The van der Waals surface area contributed by atoms with Crippen molar-refractivity contribution in [1.29, 1.82) is 0 Å². The minimum Gasteiger partial charge on any atom is -0.495 e. The third kappa shape index (κ3) is 4.99. The molecule has 5 nitrogen and oxygen atoms in total. The van der Waals surface area contributed by atoms with Crippen LogP contribution in [0, 0.1) is 0 Å². The summed E-state index contributed by atoms with van der Waals surface area (Å²) in [6.45, 7) is 1.42. The van der Waals surface area contributed by atoms with Gasteiger partial charge in [-0.25, -0.2) is 0 Å². The molecule has 6 heteroatoms. The number of hydrogen-bond donors (Lipinski definition) is 2. The fourth-order valence-electron chi connectivity index (χ4n) is 2.35. The summed E-state index contributed by atoms with van der Waals surface area (Å²) in [5.74, 6) is 0.0682. The van der Waals surface area contributed by atoms with Crippen molar-refractivity contribution in [3.8, 4) is 5.75 Å². The fourth-order valence-corrected chi connectivity index (χ4v) is 2.52. The lowest BCUT2D eigenvalue weighted by Crippen LogP contribution is -2.29. The van der Waals surface area contributed by atoms with Crippen molar-refractivity contribution in [2.24, 2.45) is 0 Å². The molecule has 0 aliphatic heterocycles. The molecular formula is C18H19ClN2O3. The molecule has 0 heterocycles. The summed E-state index contributed by atoms with van der Waals surface area (Å²) >= 11 is 5.96. The molecule has 0 bridgehead atoms. The van der Waals surface area contributed by atoms with Crippen molar-refractivity contribution in [1.82, 2.24) is 5.32 Å². The first-order valence-electron chi connectivity index (χ1n) is 7.45. The lowest BCUT2D eigenvalue weighted by molar-refractivity contribution is -0.120. The standard InChI is InChI=1S/C18H19ClN2O3/c1-12(22)20-15(13-6-4-3-5-7-13)11-18(23)21-16-10-14(19)8-9-17(16)24-2/h3-10,15H,11H2,1-2H3,(H,20,22)(H,21,23)/t15-/m0/s1. The zero-order valence-corrected chi connectivity index (χ0v) is 14.3. The van der Waals surface area contributed by atoms with Gasteiger partial charge in [-0.2, -0.15) is 0 Å². The molecule has 2 N–H and O–H groups in total. The molecule has 0 spiro atoms. The minimum absolute atomic E-state index is 0.0965. The minimum atomic E-state index is -0.408. The van der Waals surface area contributed by atoms with Crippen LogP contribution in [0.25, 0.3) is 0 Å². The highest BCUT2D eigenvalue weighted by Crippen LogP contribution is 2.28. The first kappa shape index (κ1) is 17.8. The Bertz CT molecular complexity index is 719. The van der Waals surface area contributed by atoms with E-state index in [1.165, 1.54) is 14.0 Å². The average molecular weight is 347 g/mol. The SMILES string of the molecule is COc1ccc(Cl)cc1NC(=O)C[C@H](NC(C)=O)c1ccccc1. The molecule has 2 aromatic rings. The van der Waals surface area contributed by atoms with Crippen LogP contribution in [0.3, 0.4) is 0 Å². The van der Waals surface area contributed by atoms with Gasteiger partial charge >= 0.3 is 0 Å². The molecule has 1 atom stereocenters. The van der Waals surface area contributed by atoms with Gasteiger partial charge in [0, 0.05) is 11.9 Å². The first-order valence-corrected chi connectivity index (χ1v) is 7.83. The molecule has 0 aromatic heterocycles. The lowest BCUT2D eigenvalue weighted by Gasteiger charge is -2.18. The predicted octanol–water partition coefficient (Wildman–Crippen LogP) is 3.55. The number of nitrogens with one attached hydrogen (secondary N) is 2. The van der Waals surface area contributed by atoms with E-state index in [4.69, 9.17) is 16.3 Å². The number of amides is 2. The molecule has 24 heavy (non-hydrogen) atoms. The fraction of sp³-hybridized carbons (Fsp3) is 0.222. The zero-order valence-electron chi connectivity index (χ0n) is 13.5. The third-order valence-corrected chi connectivity index (χ3v) is 3.64. The van der Waals surface area contributed by atoms with Gasteiger partial charge in [-0.1, -0.05) is 41.9 Å². The maximum absolute atomic E-state index is 12.4. The van der Waals surface area contributed by atoms with Crippen LogP contribution in [0.5, 0.6) is 5.75 Å². The third-order valence-electron chi connectivity index (χ3n) is 3.40. The molecule has 2 rings (SSSR count). The Labute approximate surface area is 146 Å². The quantitative estimate of drug-likeness (QED) is 0.840. The van der Waals surface area contributed by atoms with Crippen LogP contribution >= 0.6 is 11.6 Å². The Morgan fingerprint density at radius 3 is 2.50 bits per heavy atom. The van der Waals surface area contributed by atoms with Gasteiger partial charge in [0.25, 0.3) is 0 Å². The molecular weight excluding hydrogens is 328 g/mol. The van der Waals surface area contributed by atoms with E-state index in [1.54, 1.807) is 18.2 Å². The number of halogens is 1. The summed E-state index contributed by atoms with van der Waals surface area (Å²) in [5, 5.41) is 6.06. The van der Waals surface area contributed by atoms with Gasteiger partial charge in [-0.15, -0.1) is 0 Å².